The molecule has 1 aliphatic heterocycles. The second-order valence-electron chi connectivity index (χ2n) is 4.26. The van der Waals surface area contributed by atoms with E-state index >= 15 is 0 Å². The Bertz CT molecular complexity index is 382. The summed E-state index contributed by atoms with van der Waals surface area (Å²) in [5.74, 6) is 0.843. The fraction of sp³-hybridized carbons (Fsp3) is 0.538. The molecule has 1 saturated heterocycles. The van der Waals surface area contributed by atoms with Gasteiger partial charge in [-0.3, -0.25) is 0 Å². The third kappa shape index (κ3) is 2.47. The predicted octanol–water partition coefficient (Wildman–Crippen LogP) is 1.89. The molecule has 1 atom stereocenters. The van der Waals surface area contributed by atoms with Gasteiger partial charge in [-0.15, -0.1) is 0 Å². The van der Waals surface area contributed by atoms with Crippen molar-refractivity contribution in [1.29, 1.82) is 0 Å². The Labute approximate surface area is 102 Å². The number of benzene rings is 1. The minimum Gasteiger partial charge on any atom is -0.497 e. The number of hydrogen-bond donors (Lipinski definition) is 1. The molecule has 4 nitrogen and oxygen atoms in total. The first-order valence-corrected chi connectivity index (χ1v) is 6.04. The van der Waals surface area contributed by atoms with E-state index in [9.17, 15) is 0 Å². The molecule has 0 aliphatic carbocycles. The zero-order valence-electron chi connectivity index (χ0n) is 10.5. The van der Waals surface area contributed by atoms with E-state index < -0.39 is 0 Å². The van der Waals surface area contributed by atoms with Crippen molar-refractivity contribution >= 4 is 11.4 Å². The molecule has 0 radical (unpaired) electrons. The van der Waals surface area contributed by atoms with Crippen LogP contribution < -0.4 is 15.4 Å². The van der Waals surface area contributed by atoms with Crippen LogP contribution >= 0.6 is 0 Å². The molecule has 0 amide bonds. The second-order valence-corrected chi connectivity index (χ2v) is 4.26. The largest absolute Gasteiger partial charge is 0.497 e. The maximum absolute atomic E-state index is 6.05. The first kappa shape index (κ1) is 12.0. The van der Waals surface area contributed by atoms with Gasteiger partial charge in [0.05, 0.1) is 37.7 Å². The Balaban J connectivity index is 2.30. The molecule has 1 aliphatic rings. The molecule has 0 spiro atoms. The lowest BCUT2D eigenvalue weighted by Gasteiger charge is -2.37. The molecule has 1 fully saturated rings. The number of methoxy groups -OCH3 is 1. The van der Waals surface area contributed by atoms with Gasteiger partial charge in [-0.25, -0.2) is 0 Å². The van der Waals surface area contributed by atoms with Gasteiger partial charge in [0.15, 0.2) is 0 Å². The van der Waals surface area contributed by atoms with Gasteiger partial charge in [0.1, 0.15) is 5.75 Å². The van der Waals surface area contributed by atoms with Crippen LogP contribution in [0.15, 0.2) is 18.2 Å². The first-order chi connectivity index (χ1) is 8.26. The van der Waals surface area contributed by atoms with Crippen LogP contribution in [-0.4, -0.2) is 32.9 Å². The van der Waals surface area contributed by atoms with Crippen LogP contribution in [0.3, 0.4) is 0 Å². The highest BCUT2D eigenvalue weighted by Crippen LogP contribution is 2.31. The monoisotopic (exact) mass is 236 g/mol. The second kappa shape index (κ2) is 5.27. The summed E-state index contributed by atoms with van der Waals surface area (Å²) in [6.45, 7) is 4.58. The van der Waals surface area contributed by atoms with Crippen molar-refractivity contribution in [3.05, 3.63) is 18.2 Å². The zero-order chi connectivity index (χ0) is 12.3. The first-order valence-electron chi connectivity index (χ1n) is 6.04. The third-order valence-electron chi connectivity index (χ3n) is 3.25. The van der Waals surface area contributed by atoms with Crippen molar-refractivity contribution in [2.24, 2.45) is 0 Å². The van der Waals surface area contributed by atoms with Crippen molar-refractivity contribution in [2.45, 2.75) is 19.4 Å². The van der Waals surface area contributed by atoms with Crippen molar-refractivity contribution in [3.8, 4) is 5.75 Å². The van der Waals surface area contributed by atoms with E-state index in [0.29, 0.717) is 6.04 Å². The van der Waals surface area contributed by atoms with Crippen LogP contribution in [-0.2, 0) is 4.74 Å². The van der Waals surface area contributed by atoms with E-state index in [1.807, 2.05) is 18.2 Å². The molecule has 4 heteroatoms. The summed E-state index contributed by atoms with van der Waals surface area (Å²) in [5, 5.41) is 0. The van der Waals surface area contributed by atoms with Crippen LogP contribution in [0, 0.1) is 0 Å². The zero-order valence-corrected chi connectivity index (χ0v) is 10.5. The lowest BCUT2D eigenvalue weighted by atomic mass is 10.1. The summed E-state index contributed by atoms with van der Waals surface area (Å²) in [6.07, 6.45) is 1.05. The van der Waals surface area contributed by atoms with Gasteiger partial charge < -0.3 is 20.1 Å². The number of anilines is 2. The standard InChI is InChI=1S/C13H20N2O2/c1-3-10-9-17-7-6-15(10)13-8-11(16-2)4-5-12(13)14/h4-5,8,10H,3,6-7,9,14H2,1-2H3. The van der Waals surface area contributed by atoms with E-state index in [1.165, 1.54) is 0 Å². The van der Waals surface area contributed by atoms with Crippen LogP contribution in [0.1, 0.15) is 13.3 Å². The third-order valence-corrected chi connectivity index (χ3v) is 3.25. The summed E-state index contributed by atoms with van der Waals surface area (Å²) in [7, 11) is 1.67. The Morgan fingerprint density at radius 3 is 3.06 bits per heavy atom. The highest BCUT2D eigenvalue weighted by atomic mass is 16.5. The van der Waals surface area contributed by atoms with E-state index in [-0.39, 0.29) is 0 Å². The fourth-order valence-electron chi connectivity index (χ4n) is 2.21. The van der Waals surface area contributed by atoms with Gasteiger partial charge >= 0.3 is 0 Å². The number of hydrogen-bond acceptors (Lipinski definition) is 4. The molecule has 2 N–H and O–H groups in total. The number of nitrogens with zero attached hydrogens (tertiary/aromatic N) is 1. The Kier molecular flexibility index (Phi) is 3.74. The summed E-state index contributed by atoms with van der Waals surface area (Å²) >= 11 is 0. The van der Waals surface area contributed by atoms with Gasteiger partial charge in [0, 0.05) is 12.6 Å². The molecular weight excluding hydrogens is 216 g/mol. The SMILES string of the molecule is CCC1COCCN1c1cc(OC)ccc1N. The van der Waals surface area contributed by atoms with Crippen molar-refractivity contribution < 1.29 is 9.47 Å². The molecule has 2 rings (SSSR count). The molecule has 94 valence electrons. The van der Waals surface area contributed by atoms with Gasteiger partial charge in [-0.05, 0) is 18.6 Å². The molecule has 0 bridgehead atoms. The number of rotatable bonds is 3. The topological polar surface area (TPSA) is 47.7 Å². The Hall–Kier alpha value is -1.42. The average Bonchev–Trinajstić information content (AvgIpc) is 2.39. The Morgan fingerprint density at radius 2 is 2.35 bits per heavy atom. The molecule has 0 saturated carbocycles. The van der Waals surface area contributed by atoms with Crippen LogP contribution in [0.25, 0.3) is 0 Å². The van der Waals surface area contributed by atoms with Gasteiger partial charge in [-0.2, -0.15) is 0 Å². The Morgan fingerprint density at radius 1 is 1.53 bits per heavy atom. The lowest BCUT2D eigenvalue weighted by Crippen LogP contribution is -2.45. The van der Waals surface area contributed by atoms with Crippen LogP contribution in [0.5, 0.6) is 5.75 Å². The maximum Gasteiger partial charge on any atom is 0.121 e. The van der Waals surface area contributed by atoms with E-state index in [1.54, 1.807) is 7.11 Å². The molecule has 1 aromatic carbocycles. The number of nitrogen functional groups attached to an aromatic ring is 1. The van der Waals surface area contributed by atoms with Gasteiger partial charge in [0.2, 0.25) is 0 Å². The molecular formula is C13H20N2O2. The fourth-order valence-corrected chi connectivity index (χ4v) is 2.21. The highest BCUT2D eigenvalue weighted by Gasteiger charge is 2.23. The van der Waals surface area contributed by atoms with Gasteiger partial charge in [0.25, 0.3) is 0 Å². The quantitative estimate of drug-likeness (QED) is 0.814. The molecule has 1 aromatic rings. The molecule has 17 heavy (non-hydrogen) atoms. The molecule has 1 heterocycles. The highest BCUT2D eigenvalue weighted by molar-refractivity contribution is 5.70. The average molecular weight is 236 g/mol. The van der Waals surface area contributed by atoms with Crippen molar-refractivity contribution in [1.82, 2.24) is 0 Å². The smallest absolute Gasteiger partial charge is 0.121 e. The normalized spacial score (nSPS) is 20.4. The summed E-state index contributed by atoms with van der Waals surface area (Å²) < 4.78 is 10.8. The lowest BCUT2D eigenvalue weighted by molar-refractivity contribution is 0.0930. The summed E-state index contributed by atoms with van der Waals surface area (Å²) in [6, 6.07) is 6.19. The maximum atomic E-state index is 6.05. The minimum atomic E-state index is 0.401. The van der Waals surface area contributed by atoms with Crippen molar-refractivity contribution in [3.63, 3.8) is 0 Å². The van der Waals surface area contributed by atoms with E-state index in [0.717, 1.165) is 43.3 Å². The van der Waals surface area contributed by atoms with Gasteiger partial charge in [-0.1, -0.05) is 6.92 Å². The minimum absolute atomic E-state index is 0.401. The predicted molar refractivity (Wildman–Crippen MR) is 69.7 cm³/mol. The van der Waals surface area contributed by atoms with Crippen molar-refractivity contribution in [2.75, 3.05) is 37.5 Å². The number of morpholine rings is 1. The molecule has 1 unspecified atom stereocenters. The van der Waals surface area contributed by atoms with E-state index in [4.69, 9.17) is 15.2 Å². The summed E-state index contributed by atoms with van der Waals surface area (Å²) in [5.41, 5.74) is 7.91. The van der Waals surface area contributed by atoms with Crippen LogP contribution in [0.2, 0.25) is 0 Å². The number of nitrogens with two attached hydrogens (primary N) is 1. The van der Waals surface area contributed by atoms with E-state index in [2.05, 4.69) is 11.8 Å². The molecule has 0 aromatic heterocycles. The summed E-state index contributed by atoms with van der Waals surface area (Å²) in [4.78, 5) is 2.32. The number of ether oxygens (including phenoxy) is 2. The van der Waals surface area contributed by atoms with Crippen LogP contribution in [0.4, 0.5) is 11.4 Å².